The van der Waals surface area contributed by atoms with E-state index < -0.39 is 20.7 Å². The lowest BCUT2D eigenvalue weighted by molar-refractivity contribution is -0.117. The van der Waals surface area contributed by atoms with Gasteiger partial charge >= 0.3 is 0 Å². The molecule has 1 heterocycles. The lowest BCUT2D eigenvalue weighted by atomic mass is 10.2. The van der Waals surface area contributed by atoms with Gasteiger partial charge in [-0.25, -0.2) is 12.7 Å². The molecule has 6 nitrogen and oxygen atoms in total. The minimum Gasteiger partial charge on any atom is -0.495 e. The van der Waals surface area contributed by atoms with E-state index in [0.717, 1.165) is 0 Å². The normalized spacial score (nSPS) is 29.5. The van der Waals surface area contributed by atoms with Crippen LogP contribution in [0.2, 0.25) is 5.02 Å². The van der Waals surface area contributed by atoms with Gasteiger partial charge in [0.25, 0.3) is 0 Å². The van der Waals surface area contributed by atoms with E-state index in [0.29, 0.717) is 35.8 Å². The number of fused-ring (bicyclic) bond motifs is 1. The van der Waals surface area contributed by atoms with E-state index in [1.54, 1.807) is 18.2 Å². The molecular weight excluding hydrogens is 328 g/mol. The molecular formula is C14H17ClN2O4S. The Hall–Kier alpha value is -1.31. The summed E-state index contributed by atoms with van der Waals surface area (Å²) in [6, 6.07) is 4.81. The summed E-state index contributed by atoms with van der Waals surface area (Å²) < 4.78 is 30.0. The predicted molar refractivity (Wildman–Crippen MR) is 83.6 cm³/mol. The van der Waals surface area contributed by atoms with Gasteiger partial charge in [-0.05, 0) is 37.0 Å². The van der Waals surface area contributed by atoms with Crippen LogP contribution in [0.3, 0.4) is 0 Å². The molecule has 1 amide bonds. The highest BCUT2D eigenvalue weighted by Crippen LogP contribution is 2.56. The summed E-state index contributed by atoms with van der Waals surface area (Å²) in [4.78, 5) is 12.6. The van der Waals surface area contributed by atoms with Crippen molar-refractivity contribution in [1.82, 2.24) is 4.31 Å². The second-order valence-electron chi connectivity index (χ2n) is 5.71. The number of hydrogen-bond acceptors (Lipinski definition) is 4. The van der Waals surface area contributed by atoms with Gasteiger partial charge in [0.1, 0.15) is 5.75 Å². The monoisotopic (exact) mass is 344 g/mol. The van der Waals surface area contributed by atoms with Gasteiger partial charge in [-0.1, -0.05) is 11.6 Å². The molecule has 0 radical (unpaired) electrons. The first-order valence-electron chi connectivity index (χ1n) is 6.94. The van der Waals surface area contributed by atoms with Crippen LogP contribution in [0.5, 0.6) is 5.75 Å². The number of anilines is 1. The van der Waals surface area contributed by atoms with Crippen LogP contribution in [0.25, 0.3) is 0 Å². The average Bonchev–Trinajstić information content (AvgIpc) is 3.21. The zero-order chi connectivity index (χ0) is 16.1. The molecule has 0 unspecified atom stereocenters. The number of carbonyl (C=O) groups is 1. The van der Waals surface area contributed by atoms with Gasteiger partial charge in [0, 0.05) is 19.3 Å². The third-order valence-electron chi connectivity index (χ3n) is 4.51. The predicted octanol–water partition coefficient (Wildman–Crippen LogP) is 1.71. The third-order valence-corrected chi connectivity index (χ3v) is 7.41. The molecule has 0 bridgehead atoms. The van der Waals surface area contributed by atoms with E-state index in [9.17, 15) is 13.2 Å². The quantitative estimate of drug-likeness (QED) is 0.905. The van der Waals surface area contributed by atoms with E-state index in [4.69, 9.17) is 16.3 Å². The van der Waals surface area contributed by atoms with Crippen LogP contribution in [0.15, 0.2) is 18.2 Å². The number of ether oxygens (including phenoxy) is 1. The van der Waals surface area contributed by atoms with E-state index in [1.807, 2.05) is 0 Å². The molecule has 1 saturated carbocycles. The van der Waals surface area contributed by atoms with Crippen molar-refractivity contribution in [2.45, 2.75) is 17.6 Å². The van der Waals surface area contributed by atoms with E-state index in [1.165, 1.54) is 18.5 Å². The van der Waals surface area contributed by atoms with Gasteiger partial charge in [0.05, 0.1) is 12.1 Å². The average molecular weight is 345 g/mol. The number of halogens is 1. The first kappa shape index (κ1) is 15.6. The minimum absolute atomic E-state index is 0.0950. The Morgan fingerprint density at radius 1 is 1.50 bits per heavy atom. The summed E-state index contributed by atoms with van der Waals surface area (Å²) in [6.45, 7) is 0.469. The summed E-state index contributed by atoms with van der Waals surface area (Å²) in [5, 5.41) is 3.03. The van der Waals surface area contributed by atoms with Gasteiger partial charge < -0.3 is 10.1 Å². The number of nitrogens with zero attached hydrogens (tertiary/aromatic N) is 1. The maximum absolute atomic E-state index is 12.6. The molecule has 0 aromatic heterocycles. The number of nitrogens with one attached hydrogen (secondary N) is 1. The zero-order valence-electron chi connectivity index (χ0n) is 12.3. The molecule has 1 aromatic rings. The van der Waals surface area contributed by atoms with Crippen molar-refractivity contribution in [2.24, 2.45) is 5.92 Å². The van der Waals surface area contributed by atoms with E-state index in [-0.39, 0.29) is 5.92 Å². The molecule has 2 aliphatic rings. The van der Waals surface area contributed by atoms with Crippen molar-refractivity contribution < 1.29 is 17.9 Å². The Morgan fingerprint density at radius 2 is 2.23 bits per heavy atom. The summed E-state index contributed by atoms with van der Waals surface area (Å²) in [5.41, 5.74) is 0.458. The lowest BCUT2D eigenvalue weighted by Gasteiger charge is -2.28. The summed E-state index contributed by atoms with van der Waals surface area (Å²) in [5.74, 6) is -0.0835. The highest BCUT2D eigenvalue weighted by atomic mass is 35.5. The fourth-order valence-electron chi connectivity index (χ4n) is 3.07. The number of methoxy groups -OCH3 is 1. The Kier molecular flexibility index (Phi) is 3.62. The molecule has 120 valence electrons. The van der Waals surface area contributed by atoms with E-state index in [2.05, 4.69) is 5.32 Å². The van der Waals surface area contributed by atoms with E-state index >= 15 is 0 Å². The van der Waals surface area contributed by atoms with Gasteiger partial charge in [0.15, 0.2) is 4.75 Å². The van der Waals surface area contributed by atoms with Crippen molar-refractivity contribution in [3.63, 3.8) is 0 Å². The Bertz CT molecular complexity index is 736. The summed E-state index contributed by atoms with van der Waals surface area (Å²) >= 11 is 6.02. The van der Waals surface area contributed by atoms with Gasteiger partial charge in [-0.3, -0.25) is 4.79 Å². The van der Waals surface area contributed by atoms with Crippen LogP contribution in [-0.2, 0) is 14.8 Å². The Morgan fingerprint density at radius 3 is 2.86 bits per heavy atom. The summed E-state index contributed by atoms with van der Waals surface area (Å²) in [6.07, 6.45) is 1.10. The van der Waals surface area contributed by atoms with Crippen LogP contribution in [-0.4, -0.2) is 44.1 Å². The van der Waals surface area contributed by atoms with Crippen LogP contribution in [0.4, 0.5) is 5.69 Å². The molecule has 2 fully saturated rings. The van der Waals surface area contributed by atoms with Crippen molar-refractivity contribution in [2.75, 3.05) is 26.0 Å². The molecule has 1 aliphatic carbocycles. The lowest BCUT2D eigenvalue weighted by Crippen LogP contribution is -2.50. The standard InChI is InChI=1S/C14H17ClN2O4S/c1-17-6-5-9-8-14(9,22(17,19)20)13(18)16-10-3-4-12(21-2)11(15)7-10/h3-4,7,9H,5-6,8H2,1-2H3,(H,16,18)/t9-,14+/m0/s1. The first-order chi connectivity index (χ1) is 10.3. The van der Waals surface area contributed by atoms with Gasteiger partial charge in [-0.15, -0.1) is 0 Å². The van der Waals surface area contributed by atoms with Crippen LogP contribution in [0.1, 0.15) is 12.8 Å². The van der Waals surface area contributed by atoms with Crippen molar-refractivity contribution in [1.29, 1.82) is 0 Å². The zero-order valence-corrected chi connectivity index (χ0v) is 13.9. The van der Waals surface area contributed by atoms with Gasteiger partial charge in [0.2, 0.25) is 15.9 Å². The SMILES string of the molecule is COc1ccc(NC(=O)[C@@]23C[C@@H]2CCN(C)S3(=O)=O)cc1Cl. The van der Waals surface area contributed by atoms with Crippen LogP contribution < -0.4 is 10.1 Å². The number of amides is 1. The number of sulfonamides is 1. The second kappa shape index (κ2) is 5.11. The van der Waals surface area contributed by atoms with Gasteiger partial charge in [-0.2, -0.15) is 0 Å². The molecule has 22 heavy (non-hydrogen) atoms. The Labute approximate surface area is 134 Å². The number of benzene rings is 1. The van der Waals surface area contributed by atoms with Crippen molar-refractivity contribution >= 4 is 33.2 Å². The maximum atomic E-state index is 12.6. The molecule has 1 saturated heterocycles. The summed E-state index contributed by atoms with van der Waals surface area (Å²) in [7, 11) is -0.592. The fraction of sp³-hybridized carbons (Fsp3) is 0.500. The topological polar surface area (TPSA) is 75.7 Å². The fourth-order valence-corrected chi connectivity index (χ4v) is 5.47. The third kappa shape index (κ3) is 2.11. The highest BCUT2D eigenvalue weighted by Gasteiger charge is 2.71. The Balaban J connectivity index is 1.85. The maximum Gasteiger partial charge on any atom is 0.247 e. The number of rotatable bonds is 3. The molecule has 1 aromatic carbocycles. The molecule has 3 rings (SSSR count). The van der Waals surface area contributed by atoms with Crippen LogP contribution >= 0.6 is 11.6 Å². The van der Waals surface area contributed by atoms with Crippen LogP contribution in [0, 0.1) is 5.92 Å². The second-order valence-corrected chi connectivity index (χ2v) is 8.42. The van der Waals surface area contributed by atoms with Crippen molar-refractivity contribution in [3.8, 4) is 5.75 Å². The molecule has 2 atom stereocenters. The molecule has 8 heteroatoms. The highest BCUT2D eigenvalue weighted by molar-refractivity contribution is 7.91. The van der Waals surface area contributed by atoms with Crippen molar-refractivity contribution in [3.05, 3.63) is 23.2 Å². The molecule has 0 spiro atoms. The molecule has 1 aliphatic heterocycles. The largest absolute Gasteiger partial charge is 0.495 e. The smallest absolute Gasteiger partial charge is 0.247 e. The minimum atomic E-state index is -3.61. The number of hydrogen-bond donors (Lipinski definition) is 1. The molecule has 1 N–H and O–H groups in total. The number of carbonyl (C=O) groups excluding carboxylic acids is 1. The first-order valence-corrected chi connectivity index (χ1v) is 8.75.